The van der Waals surface area contributed by atoms with Crippen LogP contribution < -0.4 is 10.1 Å². The van der Waals surface area contributed by atoms with Crippen LogP contribution in [0.2, 0.25) is 0 Å². The smallest absolute Gasteiger partial charge is 0.237 e. The van der Waals surface area contributed by atoms with Gasteiger partial charge in [0.2, 0.25) is 11.8 Å². The highest BCUT2D eigenvalue weighted by atomic mass is 35.5. The molecule has 0 saturated heterocycles. The number of hydrogen-bond donors (Lipinski definition) is 1. The van der Waals surface area contributed by atoms with Crippen LogP contribution in [-0.2, 0) is 4.79 Å². The molecule has 0 aliphatic heterocycles. The lowest BCUT2D eigenvalue weighted by molar-refractivity contribution is -0.116. The molecule has 0 bridgehead atoms. The molecule has 16 heavy (non-hydrogen) atoms. The van der Waals surface area contributed by atoms with Gasteiger partial charge in [-0.2, -0.15) is 0 Å². The van der Waals surface area contributed by atoms with Crippen molar-refractivity contribution in [2.45, 2.75) is 19.8 Å². The molecule has 0 aliphatic carbocycles. The molecule has 1 aromatic heterocycles. The summed E-state index contributed by atoms with van der Waals surface area (Å²) in [7, 11) is 0. The van der Waals surface area contributed by atoms with Crippen LogP contribution in [0.25, 0.3) is 0 Å². The van der Waals surface area contributed by atoms with Crippen molar-refractivity contribution in [2.24, 2.45) is 0 Å². The summed E-state index contributed by atoms with van der Waals surface area (Å²) >= 11 is 5.51. The summed E-state index contributed by atoms with van der Waals surface area (Å²) in [6.07, 6.45) is 2.70. The number of amides is 1. The highest BCUT2D eigenvalue weighted by Crippen LogP contribution is 2.20. The van der Waals surface area contributed by atoms with Gasteiger partial charge in [-0.15, -0.1) is 11.6 Å². The SMILES string of the molecule is CCOc1ncccc1NC(=O)CCCCl. The quantitative estimate of drug-likeness (QED) is 0.780. The third-order valence-corrected chi connectivity index (χ3v) is 2.13. The molecule has 1 amide bonds. The largest absolute Gasteiger partial charge is 0.476 e. The Bertz CT molecular complexity index is 345. The van der Waals surface area contributed by atoms with E-state index < -0.39 is 0 Å². The van der Waals surface area contributed by atoms with Gasteiger partial charge in [0, 0.05) is 18.5 Å². The van der Waals surface area contributed by atoms with Gasteiger partial charge in [-0.05, 0) is 25.5 Å². The molecule has 4 nitrogen and oxygen atoms in total. The minimum Gasteiger partial charge on any atom is -0.476 e. The summed E-state index contributed by atoms with van der Waals surface area (Å²) in [6, 6.07) is 3.51. The minimum absolute atomic E-state index is 0.0744. The summed E-state index contributed by atoms with van der Waals surface area (Å²) in [4.78, 5) is 15.5. The number of pyridine rings is 1. The van der Waals surface area contributed by atoms with Crippen LogP contribution in [0.4, 0.5) is 5.69 Å². The zero-order chi connectivity index (χ0) is 11.8. The lowest BCUT2D eigenvalue weighted by Crippen LogP contribution is -2.13. The third-order valence-electron chi connectivity index (χ3n) is 1.86. The number of carbonyl (C=O) groups excluding carboxylic acids is 1. The summed E-state index contributed by atoms with van der Waals surface area (Å²) in [5, 5.41) is 2.75. The van der Waals surface area contributed by atoms with Gasteiger partial charge in [-0.25, -0.2) is 4.98 Å². The van der Waals surface area contributed by atoms with Crippen LogP contribution in [-0.4, -0.2) is 23.4 Å². The van der Waals surface area contributed by atoms with Gasteiger partial charge in [-0.1, -0.05) is 0 Å². The number of alkyl halides is 1. The predicted octanol–water partition coefficient (Wildman–Crippen LogP) is 2.44. The fourth-order valence-corrected chi connectivity index (χ4v) is 1.31. The molecule has 1 rings (SSSR count). The maximum Gasteiger partial charge on any atom is 0.237 e. The molecule has 1 heterocycles. The molecule has 0 radical (unpaired) electrons. The van der Waals surface area contributed by atoms with E-state index in [0.717, 1.165) is 0 Å². The number of halogens is 1. The average Bonchev–Trinajstić information content (AvgIpc) is 2.29. The van der Waals surface area contributed by atoms with Gasteiger partial charge in [0.15, 0.2) is 0 Å². The van der Waals surface area contributed by atoms with Crippen LogP contribution in [0.5, 0.6) is 5.88 Å². The number of nitrogens with one attached hydrogen (secondary N) is 1. The minimum atomic E-state index is -0.0744. The molecule has 0 unspecified atom stereocenters. The van der Waals surface area contributed by atoms with E-state index in [-0.39, 0.29) is 5.91 Å². The van der Waals surface area contributed by atoms with Crippen molar-refractivity contribution in [3.05, 3.63) is 18.3 Å². The number of anilines is 1. The molecular weight excluding hydrogens is 228 g/mol. The van der Waals surface area contributed by atoms with Crippen molar-refractivity contribution in [3.63, 3.8) is 0 Å². The van der Waals surface area contributed by atoms with Crippen LogP contribution >= 0.6 is 11.6 Å². The highest BCUT2D eigenvalue weighted by molar-refractivity contribution is 6.18. The van der Waals surface area contributed by atoms with Crippen molar-refractivity contribution in [1.82, 2.24) is 4.98 Å². The Morgan fingerprint density at radius 2 is 2.44 bits per heavy atom. The second-order valence-electron chi connectivity index (χ2n) is 3.13. The fraction of sp³-hybridized carbons (Fsp3) is 0.455. The number of ether oxygens (including phenoxy) is 1. The number of hydrogen-bond acceptors (Lipinski definition) is 3. The number of nitrogens with zero attached hydrogens (tertiary/aromatic N) is 1. The molecule has 0 aromatic carbocycles. The van der Waals surface area contributed by atoms with Gasteiger partial charge in [-0.3, -0.25) is 4.79 Å². The fourth-order valence-electron chi connectivity index (χ4n) is 1.18. The number of aromatic nitrogens is 1. The first-order chi connectivity index (χ1) is 7.77. The number of rotatable bonds is 6. The van der Waals surface area contributed by atoms with Crippen molar-refractivity contribution in [1.29, 1.82) is 0 Å². The molecule has 0 aliphatic rings. The molecule has 88 valence electrons. The van der Waals surface area contributed by atoms with Crippen LogP contribution in [0, 0.1) is 0 Å². The first kappa shape index (κ1) is 12.8. The summed E-state index contributed by atoms with van der Waals surface area (Å²) < 4.78 is 5.29. The van der Waals surface area contributed by atoms with Crippen LogP contribution in [0.1, 0.15) is 19.8 Å². The lowest BCUT2D eigenvalue weighted by Gasteiger charge is -2.09. The molecule has 0 saturated carbocycles. The predicted molar refractivity (Wildman–Crippen MR) is 64.0 cm³/mol. The molecular formula is C11H15ClN2O2. The van der Waals surface area contributed by atoms with Crippen LogP contribution in [0.3, 0.4) is 0 Å². The Labute approximate surface area is 100.0 Å². The first-order valence-electron chi connectivity index (χ1n) is 5.21. The first-order valence-corrected chi connectivity index (χ1v) is 5.75. The van der Waals surface area contributed by atoms with E-state index >= 15 is 0 Å². The second kappa shape index (κ2) is 7.06. The molecule has 0 spiro atoms. The lowest BCUT2D eigenvalue weighted by atomic mass is 10.3. The standard InChI is InChI=1S/C11H15ClN2O2/c1-2-16-11-9(5-4-8-13-11)14-10(15)6-3-7-12/h4-5,8H,2-3,6-7H2,1H3,(H,14,15). The molecule has 1 aromatic rings. The summed E-state index contributed by atoms with van der Waals surface area (Å²) in [6.45, 7) is 2.38. The topological polar surface area (TPSA) is 51.2 Å². The van der Waals surface area contributed by atoms with Gasteiger partial charge >= 0.3 is 0 Å². The van der Waals surface area contributed by atoms with Crippen molar-refractivity contribution in [3.8, 4) is 5.88 Å². The summed E-state index contributed by atoms with van der Waals surface area (Å²) in [5.74, 6) is 0.859. The highest BCUT2D eigenvalue weighted by Gasteiger charge is 2.07. The Morgan fingerprint density at radius 3 is 3.12 bits per heavy atom. The van der Waals surface area contributed by atoms with E-state index in [1.165, 1.54) is 0 Å². The normalized spacial score (nSPS) is 9.88. The van der Waals surface area contributed by atoms with Crippen molar-refractivity contribution in [2.75, 3.05) is 17.8 Å². The van der Waals surface area contributed by atoms with Gasteiger partial charge in [0.25, 0.3) is 0 Å². The Balaban J connectivity index is 2.61. The average molecular weight is 243 g/mol. The Kier molecular flexibility index (Phi) is 5.64. The zero-order valence-electron chi connectivity index (χ0n) is 9.20. The van der Waals surface area contributed by atoms with E-state index in [1.807, 2.05) is 6.92 Å². The van der Waals surface area contributed by atoms with E-state index in [9.17, 15) is 4.79 Å². The monoisotopic (exact) mass is 242 g/mol. The van der Waals surface area contributed by atoms with E-state index in [1.54, 1.807) is 18.3 Å². The number of carbonyl (C=O) groups is 1. The molecule has 1 N–H and O–H groups in total. The molecule has 0 fully saturated rings. The van der Waals surface area contributed by atoms with Gasteiger partial charge in [0.05, 0.1) is 6.61 Å². The van der Waals surface area contributed by atoms with Crippen molar-refractivity contribution >= 4 is 23.2 Å². The van der Waals surface area contributed by atoms with E-state index in [0.29, 0.717) is 36.9 Å². The second-order valence-corrected chi connectivity index (χ2v) is 3.51. The maximum atomic E-state index is 11.5. The summed E-state index contributed by atoms with van der Waals surface area (Å²) in [5.41, 5.74) is 0.601. The molecule has 0 atom stereocenters. The van der Waals surface area contributed by atoms with Gasteiger partial charge < -0.3 is 10.1 Å². The third kappa shape index (κ3) is 4.06. The maximum absolute atomic E-state index is 11.5. The van der Waals surface area contributed by atoms with Crippen molar-refractivity contribution < 1.29 is 9.53 Å². The van der Waals surface area contributed by atoms with E-state index in [2.05, 4.69) is 10.3 Å². The van der Waals surface area contributed by atoms with Gasteiger partial charge in [0.1, 0.15) is 5.69 Å². The van der Waals surface area contributed by atoms with Crippen LogP contribution in [0.15, 0.2) is 18.3 Å². The molecule has 5 heteroatoms. The Morgan fingerprint density at radius 1 is 1.62 bits per heavy atom. The zero-order valence-corrected chi connectivity index (χ0v) is 9.96. The Hall–Kier alpha value is -1.29. The van der Waals surface area contributed by atoms with E-state index in [4.69, 9.17) is 16.3 Å².